The number of hydrogen-bond acceptors (Lipinski definition) is 2. The Labute approximate surface area is 120 Å². The average Bonchev–Trinajstić information content (AvgIpc) is 2.59. The van der Waals surface area contributed by atoms with Crippen molar-refractivity contribution < 1.29 is 9.90 Å². The molecule has 2 rings (SSSR count). The minimum atomic E-state index is -0.629. The third-order valence-corrected chi connectivity index (χ3v) is 3.87. The normalized spacial score (nSPS) is 23.9. The summed E-state index contributed by atoms with van der Waals surface area (Å²) in [5.74, 6) is 0.0308. The second kappa shape index (κ2) is 6.23. The highest BCUT2D eigenvalue weighted by molar-refractivity contribution is 5.91. The van der Waals surface area contributed by atoms with Gasteiger partial charge >= 0.3 is 0 Å². The molecule has 108 valence electrons. The van der Waals surface area contributed by atoms with E-state index in [4.69, 9.17) is 0 Å². The van der Waals surface area contributed by atoms with Crippen LogP contribution in [0, 0.1) is 6.92 Å². The van der Waals surface area contributed by atoms with Crippen LogP contribution in [0.3, 0.4) is 0 Å². The third-order valence-electron chi connectivity index (χ3n) is 3.87. The summed E-state index contributed by atoms with van der Waals surface area (Å²) >= 11 is 0. The molecule has 1 N–H and O–H groups in total. The van der Waals surface area contributed by atoms with Crippen molar-refractivity contribution in [1.82, 2.24) is 4.90 Å². The molecule has 0 spiro atoms. The molecule has 0 saturated carbocycles. The zero-order chi connectivity index (χ0) is 14.6. The Morgan fingerprint density at radius 2 is 1.95 bits per heavy atom. The van der Waals surface area contributed by atoms with Crippen LogP contribution in [0.2, 0.25) is 0 Å². The van der Waals surface area contributed by atoms with E-state index in [2.05, 4.69) is 0 Å². The number of carbonyl (C=O) groups is 1. The van der Waals surface area contributed by atoms with E-state index < -0.39 is 5.60 Å². The van der Waals surface area contributed by atoms with E-state index in [0.717, 1.165) is 24.9 Å². The SMILES string of the molecule is Cc1ccc(/C=C/C(=O)N2CCCC(C)(O)CC2)cc1. The first-order valence-corrected chi connectivity index (χ1v) is 7.22. The number of hydrogen-bond donors (Lipinski definition) is 1. The Morgan fingerprint density at radius 1 is 1.25 bits per heavy atom. The van der Waals surface area contributed by atoms with Crippen LogP contribution in [0.1, 0.15) is 37.3 Å². The average molecular weight is 273 g/mol. The van der Waals surface area contributed by atoms with Gasteiger partial charge in [-0.1, -0.05) is 29.8 Å². The van der Waals surface area contributed by atoms with Crippen molar-refractivity contribution in [2.45, 2.75) is 38.7 Å². The van der Waals surface area contributed by atoms with Gasteiger partial charge in [-0.05, 0) is 44.7 Å². The molecule has 1 fully saturated rings. The molecular weight excluding hydrogens is 250 g/mol. The van der Waals surface area contributed by atoms with Crippen LogP contribution in [-0.4, -0.2) is 34.6 Å². The second-order valence-corrected chi connectivity index (χ2v) is 5.92. The van der Waals surface area contributed by atoms with E-state index in [1.54, 1.807) is 6.08 Å². The van der Waals surface area contributed by atoms with Crippen LogP contribution >= 0.6 is 0 Å². The molecule has 0 radical (unpaired) electrons. The molecule has 1 saturated heterocycles. The van der Waals surface area contributed by atoms with E-state index in [0.29, 0.717) is 13.0 Å². The molecular formula is C17H23NO2. The van der Waals surface area contributed by atoms with Gasteiger partial charge in [0.05, 0.1) is 5.60 Å². The lowest BCUT2D eigenvalue weighted by Gasteiger charge is -2.21. The predicted octanol–water partition coefficient (Wildman–Crippen LogP) is 2.77. The third kappa shape index (κ3) is 4.20. The van der Waals surface area contributed by atoms with Crippen molar-refractivity contribution in [2.75, 3.05) is 13.1 Å². The van der Waals surface area contributed by atoms with Gasteiger partial charge in [-0.15, -0.1) is 0 Å². The molecule has 0 aromatic heterocycles. The molecule has 0 bridgehead atoms. The Kier molecular flexibility index (Phi) is 4.61. The molecule has 3 heteroatoms. The molecule has 1 aromatic rings. The Hall–Kier alpha value is -1.61. The van der Waals surface area contributed by atoms with Crippen molar-refractivity contribution in [3.05, 3.63) is 41.5 Å². The summed E-state index contributed by atoms with van der Waals surface area (Å²) in [5.41, 5.74) is 1.62. The number of likely N-dealkylation sites (tertiary alicyclic amines) is 1. The standard InChI is InChI=1S/C17H23NO2/c1-14-4-6-15(7-5-14)8-9-16(19)18-12-3-10-17(2,20)11-13-18/h4-9,20H,3,10-13H2,1-2H3/b9-8+. The molecule has 1 aromatic carbocycles. The minimum Gasteiger partial charge on any atom is -0.390 e. The first-order chi connectivity index (χ1) is 9.46. The summed E-state index contributed by atoms with van der Waals surface area (Å²) in [6, 6.07) is 8.08. The Balaban J connectivity index is 1.96. The molecule has 1 atom stereocenters. The van der Waals surface area contributed by atoms with Crippen LogP contribution in [0.4, 0.5) is 0 Å². The zero-order valence-electron chi connectivity index (χ0n) is 12.3. The lowest BCUT2D eigenvalue weighted by Crippen LogP contribution is -2.32. The van der Waals surface area contributed by atoms with Gasteiger partial charge in [0.25, 0.3) is 0 Å². The highest BCUT2D eigenvalue weighted by atomic mass is 16.3. The molecule has 1 unspecified atom stereocenters. The van der Waals surface area contributed by atoms with Crippen LogP contribution < -0.4 is 0 Å². The van der Waals surface area contributed by atoms with Crippen molar-refractivity contribution >= 4 is 12.0 Å². The van der Waals surface area contributed by atoms with Gasteiger partial charge in [-0.25, -0.2) is 0 Å². The molecule has 1 heterocycles. The van der Waals surface area contributed by atoms with Gasteiger partial charge in [-0.3, -0.25) is 4.79 Å². The molecule has 1 aliphatic heterocycles. The lowest BCUT2D eigenvalue weighted by molar-refractivity contribution is -0.126. The fraction of sp³-hybridized carbons (Fsp3) is 0.471. The van der Waals surface area contributed by atoms with Gasteiger partial charge in [0.15, 0.2) is 0 Å². The van der Waals surface area contributed by atoms with E-state index in [1.807, 2.05) is 49.1 Å². The number of aliphatic hydroxyl groups is 1. The van der Waals surface area contributed by atoms with Crippen LogP contribution in [0.5, 0.6) is 0 Å². The summed E-state index contributed by atoms with van der Waals surface area (Å²) in [7, 11) is 0. The fourth-order valence-corrected chi connectivity index (χ4v) is 2.43. The van der Waals surface area contributed by atoms with Crippen LogP contribution in [-0.2, 0) is 4.79 Å². The van der Waals surface area contributed by atoms with Gasteiger partial charge in [0.2, 0.25) is 5.91 Å². The first-order valence-electron chi connectivity index (χ1n) is 7.22. The maximum absolute atomic E-state index is 12.2. The van der Waals surface area contributed by atoms with Gasteiger partial charge in [0, 0.05) is 19.2 Å². The summed E-state index contributed by atoms with van der Waals surface area (Å²) in [6.45, 7) is 5.25. The zero-order valence-corrected chi connectivity index (χ0v) is 12.3. The van der Waals surface area contributed by atoms with E-state index >= 15 is 0 Å². The minimum absolute atomic E-state index is 0.0308. The summed E-state index contributed by atoms with van der Waals surface area (Å²) in [6.07, 6.45) is 5.75. The van der Waals surface area contributed by atoms with Crippen LogP contribution in [0.15, 0.2) is 30.3 Å². The number of benzene rings is 1. The van der Waals surface area contributed by atoms with Crippen molar-refractivity contribution in [1.29, 1.82) is 0 Å². The molecule has 3 nitrogen and oxygen atoms in total. The topological polar surface area (TPSA) is 40.5 Å². The van der Waals surface area contributed by atoms with Crippen molar-refractivity contribution in [2.24, 2.45) is 0 Å². The van der Waals surface area contributed by atoms with Crippen molar-refractivity contribution in [3.8, 4) is 0 Å². The van der Waals surface area contributed by atoms with Crippen LogP contribution in [0.25, 0.3) is 6.08 Å². The van der Waals surface area contributed by atoms with Gasteiger partial charge in [-0.2, -0.15) is 0 Å². The Bertz CT molecular complexity index is 488. The summed E-state index contributed by atoms with van der Waals surface area (Å²) in [4.78, 5) is 14.0. The predicted molar refractivity (Wildman–Crippen MR) is 81.3 cm³/mol. The maximum atomic E-state index is 12.2. The van der Waals surface area contributed by atoms with E-state index in [-0.39, 0.29) is 5.91 Å². The van der Waals surface area contributed by atoms with E-state index in [9.17, 15) is 9.90 Å². The molecule has 1 amide bonds. The highest BCUT2D eigenvalue weighted by Gasteiger charge is 2.26. The number of nitrogens with zero attached hydrogens (tertiary/aromatic N) is 1. The quantitative estimate of drug-likeness (QED) is 0.842. The monoisotopic (exact) mass is 273 g/mol. The smallest absolute Gasteiger partial charge is 0.246 e. The number of carbonyl (C=O) groups excluding carboxylic acids is 1. The fourth-order valence-electron chi connectivity index (χ4n) is 2.43. The van der Waals surface area contributed by atoms with Gasteiger partial charge in [0.1, 0.15) is 0 Å². The molecule has 0 aliphatic carbocycles. The number of amides is 1. The second-order valence-electron chi connectivity index (χ2n) is 5.92. The largest absolute Gasteiger partial charge is 0.390 e. The number of rotatable bonds is 2. The summed E-state index contributed by atoms with van der Waals surface area (Å²) in [5, 5.41) is 10.0. The number of aryl methyl sites for hydroxylation is 1. The van der Waals surface area contributed by atoms with E-state index in [1.165, 1.54) is 5.56 Å². The Morgan fingerprint density at radius 3 is 2.65 bits per heavy atom. The molecule has 1 aliphatic rings. The first kappa shape index (κ1) is 14.8. The maximum Gasteiger partial charge on any atom is 0.246 e. The molecule has 20 heavy (non-hydrogen) atoms. The summed E-state index contributed by atoms with van der Waals surface area (Å²) < 4.78 is 0. The lowest BCUT2D eigenvalue weighted by atomic mass is 9.98. The highest BCUT2D eigenvalue weighted by Crippen LogP contribution is 2.21. The van der Waals surface area contributed by atoms with Crippen molar-refractivity contribution in [3.63, 3.8) is 0 Å². The van der Waals surface area contributed by atoms with Gasteiger partial charge < -0.3 is 10.0 Å².